The van der Waals surface area contributed by atoms with Gasteiger partial charge in [0, 0.05) is 35.9 Å². The van der Waals surface area contributed by atoms with Crippen LogP contribution < -0.4 is 21.8 Å². The van der Waals surface area contributed by atoms with E-state index >= 15 is 0 Å². The van der Waals surface area contributed by atoms with Gasteiger partial charge in [0.1, 0.15) is 5.82 Å². The van der Waals surface area contributed by atoms with Gasteiger partial charge in [-0.1, -0.05) is 19.3 Å². The predicted molar refractivity (Wildman–Crippen MR) is 133 cm³/mol. The molecule has 0 bridgehead atoms. The summed E-state index contributed by atoms with van der Waals surface area (Å²) in [5, 5.41) is 17.7. The van der Waals surface area contributed by atoms with E-state index in [1.54, 1.807) is 24.5 Å². The zero-order valence-electron chi connectivity index (χ0n) is 18.5. The van der Waals surface area contributed by atoms with Crippen molar-refractivity contribution >= 4 is 41.3 Å². The molecule has 34 heavy (non-hydrogen) atoms. The van der Waals surface area contributed by atoms with Crippen LogP contribution in [0.15, 0.2) is 48.0 Å². The molecule has 1 aliphatic rings. The number of amides is 1. The van der Waals surface area contributed by atoms with Gasteiger partial charge in [-0.3, -0.25) is 10.2 Å². The van der Waals surface area contributed by atoms with Crippen molar-refractivity contribution in [3.8, 4) is 11.4 Å². The third kappa shape index (κ3) is 5.88. The number of rotatable bonds is 9. The molecule has 11 heteroatoms. The average Bonchev–Trinajstić information content (AvgIpc) is 2.85. The summed E-state index contributed by atoms with van der Waals surface area (Å²) in [6.07, 6.45) is 13.0. The lowest BCUT2D eigenvalue weighted by Gasteiger charge is -2.23. The van der Waals surface area contributed by atoms with Crippen molar-refractivity contribution in [2.75, 3.05) is 16.1 Å². The number of nitrogens with one attached hydrogen (secondary N) is 4. The summed E-state index contributed by atoms with van der Waals surface area (Å²) in [7, 11) is 0. The van der Waals surface area contributed by atoms with Gasteiger partial charge in [0.15, 0.2) is 17.3 Å². The zero-order chi connectivity index (χ0) is 23.8. The van der Waals surface area contributed by atoms with Crippen LogP contribution in [0.2, 0.25) is 0 Å². The maximum Gasteiger partial charge on any atom is 0.271 e. The molecule has 0 radical (unpaired) electrons. The number of nitrogens with two attached hydrogens (primary N) is 1. The monoisotopic (exact) mass is 458 g/mol. The molecule has 1 aromatic carbocycles. The average molecular weight is 459 g/mol. The molecule has 1 aliphatic carbocycles. The first kappa shape index (κ1) is 22.8. The largest absolute Gasteiger partial charge is 0.366 e. The standard InChI is InChI=1S/C23H26N10O/c24-7-10-29-33-18-12-15(22-26-8-4-9-27-22)11-17(13-18)31-23-20(21(25)34)28-14-19(32-23)30-16-5-2-1-3-6-16/h4,7-14,16,24,33H,1-3,5-6H2,(H2,25,34)(H2,30,31,32)/b24-7?,29-10-. The highest BCUT2D eigenvalue weighted by Gasteiger charge is 2.18. The van der Waals surface area contributed by atoms with Crippen LogP contribution in [0.25, 0.3) is 11.4 Å². The number of anilines is 4. The molecule has 0 atom stereocenters. The second kappa shape index (κ2) is 10.9. The van der Waals surface area contributed by atoms with Crippen LogP contribution in [0.3, 0.4) is 0 Å². The van der Waals surface area contributed by atoms with E-state index < -0.39 is 5.91 Å². The van der Waals surface area contributed by atoms with Gasteiger partial charge in [0.2, 0.25) is 0 Å². The Morgan fingerprint density at radius 3 is 2.59 bits per heavy atom. The summed E-state index contributed by atoms with van der Waals surface area (Å²) in [6.45, 7) is 0. The zero-order valence-corrected chi connectivity index (χ0v) is 18.5. The third-order valence-corrected chi connectivity index (χ3v) is 5.33. The lowest BCUT2D eigenvalue weighted by atomic mass is 9.96. The highest BCUT2D eigenvalue weighted by atomic mass is 16.1. The second-order valence-electron chi connectivity index (χ2n) is 7.85. The normalized spacial score (nSPS) is 14.0. The Hall–Kier alpha value is -4.41. The summed E-state index contributed by atoms with van der Waals surface area (Å²) in [5.41, 5.74) is 10.4. The van der Waals surface area contributed by atoms with E-state index in [2.05, 4.69) is 41.1 Å². The minimum atomic E-state index is -0.685. The Labute approximate surface area is 196 Å². The SMILES string of the molecule is N=C/C=N\Nc1cc(Nc2nc(NC3CCCCC3)cnc2C(N)=O)cc(-c2ncccn2)c1. The fourth-order valence-electron chi connectivity index (χ4n) is 3.81. The maximum absolute atomic E-state index is 12.0. The van der Waals surface area contributed by atoms with Crippen LogP contribution in [-0.4, -0.2) is 44.3 Å². The number of primary amides is 1. The summed E-state index contributed by atoms with van der Waals surface area (Å²) in [5.74, 6) is 0.652. The molecule has 2 heterocycles. The number of hydrogen-bond donors (Lipinski definition) is 5. The molecule has 0 unspecified atom stereocenters. The number of nitrogens with zero attached hydrogens (tertiary/aromatic N) is 5. The fraction of sp³-hybridized carbons (Fsp3) is 0.261. The molecule has 3 aromatic rings. The smallest absolute Gasteiger partial charge is 0.271 e. The molecule has 1 amide bonds. The molecule has 0 spiro atoms. The minimum absolute atomic E-state index is 0.0342. The number of hydrazone groups is 1. The Morgan fingerprint density at radius 1 is 1.09 bits per heavy atom. The van der Waals surface area contributed by atoms with Crippen LogP contribution in [0, 0.1) is 5.41 Å². The molecule has 4 rings (SSSR count). The summed E-state index contributed by atoms with van der Waals surface area (Å²) in [6, 6.07) is 7.49. The highest BCUT2D eigenvalue weighted by molar-refractivity contribution is 6.14. The van der Waals surface area contributed by atoms with E-state index in [9.17, 15) is 4.79 Å². The van der Waals surface area contributed by atoms with Crippen molar-refractivity contribution in [1.29, 1.82) is 5.41 Å². The van der Waals surface area contributed by atoms with Crippen LogP contribution in [0.1, 0.15) is 42.6 Å². The molecule has 1 saturated carbocycles. The second-order valence-corrected chi connectivity index (χ2v) is 7.85. The molecule has 1 fully saturated rings. The molecule has 2 aromatic heterocycles. The summed E-state index contributed by atoms with van der Waals surface area (Å²) < 4.78 is 0. The van der Waals surface area contributed by atoms with Crippen molar-refractivity contribution < 1.29 is 4.79 Å². The van der Waals surface area contributed by atoms with E-state index in [-0.39, 0.29) is 11.5 Å². The lowest BCUT2D eigenvalue weighted by Crippen LogP contribution is -2.24. The quantitative estimate of drug-likeness (QED) is 0.239. The number of benzene rings is 1. The molecule has 11 nitrogen and oxygen atoms in total. The van der Waals surface area contributed by atoms with Crippen LogP contribution in [0.5, 0.6) is 0 Å². The lowest BCUT2D eigenvalue weighted by molar-refractivity contribution is 0.0996. The van der Waals surface area contributed by atoms with Crippen molar-refractivity contribution in [3.63, 3.8) is 0 Å². The van der Waals surface area contributed by atoms with Gasteiger partial charge >= 0.3 is 0 Å². The van der Waals surface area contributed by atoms with E-state index in [0.717, 1.165) is 19.1 Å². The number of aromatic nitrogens is 4. The summed E-state index contributed by atoms with van der Waals surface area (Å²) in [4.78, 5) is 29.5. The summed E-state index contributed by atoms with van der Waals surface area (Å²) >= 11 is 0. The minimum Gasteiger partial charge on any atom is -0.366 e. The van der Waals surface area contributed by atoms with Crippen molar-refractivity contribution in [1.82, 2.24) is 19.9 Å². The van der Waals surface area contributed by atoms with Crippen LogP contribution in [-0.2, 0) is 0 Å². The Kier molecular flexibility index (Phi) is 7.33. The number of carbonyl (C=O) groups excluding carboxylic acids is 1. The van der Waals surface area contributed by atoms with Gasteiger partial charge in [0.25, 0.3) is 5.91 Å². The Bertz CT molecular complexity index is 1180. The van der Waals surface area contributed by atoms with Crippen molar-refractivity contribution in [3.05, 3.63) is 48.5 Å². The Morgan fingerprint density at radius 2 is 1.85 bits per heavy atom. The van der Waals surface area contributed by atoms with Crippen molar-refractivity contribution in [2.24, 2.45) is 10.8 Å². The predicted octanol–water partition coefficient (Wildman–Crippen LogP) is 3.57. The molecule has 0 saturated heterocycles. The number of carbonyl (C=O) groups is 1. The first-order valence-electron chi connectivity index (χ1n) is 11.0. The van der Waals surface area contributed by atoms with Crippen LogP contribution >= 0.6 is 0 Å². The van der Waals surface area contributed by atoms with Gasteiger partial charge in [-0.25, -0.2) is 19.9 Å². The first-order chi connectivity index (χ1) is 16.6. The first-order valence-corrected chi connectivity index (χ1v) is 11.0. The fourth-order valence-corrected chi connectivity index (χ4v) is 3.81. The van der Waals surface area contributed by atoms with E-state index in [0.29, 0.717) is 34.6 Å². The van der Waals surface area contributed by atoms with Gasteiger partial charge in [-0.15, -0.1) is 0 Å². The van der Waals surface area contributed by atoms with E-state index in [4.69, 9.17) is 11.1 Å². The third-order valence-electron chi connectivity index (χ3n) is 5.33. The van der Waals surface area contributed by atoms with E-state index in [1.807, 2.05) is 12.1 Å². The van der Waals surface area contributed by atoms with Crippen LogP contribution in [0.4, 0.5) is 23.0 Å². The van der Waals surface area contributed by atoms with Gasteiger partial charge in [-0.05, 0) is 37.1 Å². The molecule has 0 aliphatic heterocycles. The topological polar surface area (TPSA) is 167 Å². The molecular formula is C23H26N10O. The van der Waals surface area contributed by atoms with E-state index in [1.165, 1.54) is 31.7 Å². The molecule has 6 N–H and O–H groups in total. The van der Waals surface area contributed by atoms with Gasteiger partial charge in [-0.2, -0.15) is 5.10 Å². The molecular weight excluding hydrogens is 432 g/mol. The molecule has 174 valence electrons. The number of hydrogen-bond acceptors (Lipinski definition) is 10. The van der Waals surface area contributed by atoms with Gasteiger partial charge < -0.3 is 21.8 Å². The van der Waals surface area contributed by atoms with Crippen molar-refractivity contribution in [2.45, 2.75) is 38.1 Å². The maximum atomic E-state index is 12.0. The Balaban J connectivity index is 1.67. The van der Waals surface area contributed by atoms with Gasteiger partial charge in [0.05, 0.1) is 18.1 Å². The highest BCUT2D eigenvalue weighted by Crippen LogP contribution is 2.28.